The molecule has 3 rings (SSSR count). The van der Waals surface area contributed by atoms with E-state index < -0.39 is 0 Å². The van der Waals surface area contributed by atoms with Crippen molar-refractivity contribution in [2.45, 2.75) is 57.9 Å². The zero-order valence-electron chi connectivity index (χ0n) is 12.4. The van der Waals surface area contributed by atoms with Crippen LogP contribution in [0, 0.1) is 11.8 Å². The van der Waals surface area contributed by atoms with Crippen molar-refractivity contribution >= 4 is 11.6 Å². The van der Waals surface area contributed by atoms with Crippen molar-refractivity contribution in [2.75, 3.05) is 10.7 Å². The van der Waals surface area contributed by atoms with E-state index in [0.717, 1.165) is 17.6 Å². The summed E-state index contributed by atoms with van der Waals surface area (Å²) in [6, 6.07) is 2.43. The Morgan fingerprint density at radius 1 is 1.10 bits per heavy atom. The van der Waals surface area contributed by atoms with Gasteiger partial charge in [0.15, 0.2) is 0 Å². The van der Waals surface area contributed by atoms with E-state index in [4.69, 9.17) is 5.84 Å². The molecule has 3 unspecified atom stereocenters. The zero-order chi connectivity index (χ0) is 14.1. The molecule has 0 radical (unpaired) electrons. The first-order chi connectivity index (χ1) is 9.65. The van der Waals surface area contributed by atoms with E-state index in [1.807, 2.05) is 6.07 Å². The van der Waals surface area contributed by atoms with Crippen LogP contribution in [-0.2, 0) is 0 Å². The standard InChI is InChI=1S/C15H25N5/c1-9-3-6-12(10(2)7-9)17-13-8-14(20-16)19-15(18-13)11-4-5-11/h8-12H,3-7,16H2,1-2H3,(H2,17,18,19,20). The smallest absolute Gasteiger partial charge is 0.145 e. The van der Waals surface area contributed by atoms with Gasteiger partial charge in [0.1, 0.15) is 17.5 Å². The highest BCUT2D eigenvalue weighted by Gasteiger charge is 2.29. The van der Waals surface area contributed by atoms with E-state index >= 15 is 0 Å². The van der Waals surface area contributed by atoms with E-state index in [1.165, 1.54) is 32.1 Å². The van der Waals surface area contributed by atoms with Crippen LogP contribution in [0.5, 0.6) is 0 Å². The van der Waals surface area contributed by atoms with Gasteiger partial charge in [0, 0.05) is 18.0 Å². The summed E-state index contributed by atoms with van der Waals surface area (Å²) in [7, 11) is 0. The molecule has 0 aliphatic heterocycles. The van der Waals surface area contributed by atoms with Crippen molar-refractivity contribution in [2.24, 2.45) is 17.7 Å². The van der Waals surface area contributed by atoms with Gasteiger partial charge in [0.05, 0.1) is 0 Å². The van der Waals surface area contributed by atoms with Crippen LogP contribution in [0.25, 0.3) is 0 Å². The van der Waals surface area contributed by atoms with Crippen LogP contribution < -0.4 is 16.6 Å². The Labute approximate surface area is 120 Å². The van der Waals surface area contributed by atoms with Crippen LogP contribution in [0.1, 0.15) is 57.7 Å². The molecule has 0 amide bonds. The lowest BCUT2D eigenvalue weighted by atomic mass is 9.80. The summed E-state index contributed by atoms with van der Waals surface area (Å²) < 4.78 is 0. The van der Waals surface area contributed by atoms with Crippen molar-refractivity contribution < 1.29 is 0 Å². The summed E-state index contributed by atoms with van der Waals surface area (Å²) in [6.45, 7) is 4.68. The third kappa shape index (κ3) is 3.03. The Bertz CT molecular complexity index is 471. The lowest BCUT2D eigenvalue weighted by Crippen LogP contribution is -2.33. The Kier molecular flexibility index (Phi) is 3.78. The molecule has 5 heteroatoms. The number of rotatable bonds is 4. The van der Waals surface area contributed by atoms with Gasteiger partial charge in [-0.3, -0.25) is 0 Å². The quantitative estimate of drug-likeness (QED) is 0.582. The molecule has 3 atom stereocenters. The number of hydrogen-bond donors (Lipinski definition) is 3. The van der Waals surface area contributed by atoms with Crippen LogP contribution in [0.4, 0.5) is 11.6 Å². The third-order valence-corrected chi connectivity index (χ3v) is 4.60. The van der Waals surface area contributed by atoms with Gasteiger partial charge in [-0.2, -0.15) is 0 Å². The summed E-state index contributed by atoms with van der Waals surface area (Å²) in [5, 5.41) is 3.60. The largest absolute Gasteiger partial charge is 0.367 e. The molecule has 1 aromatic rings. The van der Waals surface area contributed by atoms with Crippen LogP contribution in [-0.4, -0.2) is 16.0 Å². The lowest BCUT2D eigenvalue weighted by molar-refractivity contribution is 0.276. The van der Waals surface area contributed by atoms with Crippen molar-refractivity contribution in [1.29, 1.82) is 0 Å². The minimum atomic E-state index is 0.513. The molecular weight excluding hydrogens is 250 g/mol. The van der Waals surface area contributed by atoms with E-state index in [9.17, 15) is 0 Å². The van der Waals surface area contributed by atoms with Crippen LogP contribution in [0.2, 0.25) is 0 Å². The molecule has 0 spiro atoms. The number of nitrogens with zero attached hydrogens (tertiary/aromatic N) is 2. The number of anilines is 2. The number of nitrogen functional groups attached to an aromatic ring is 1. The first-order valence-corrected chi connectivity index (χ1v) is 7.78. The van der Waals surface area contributed by atoms with Gasteiger partial charge in [-0.25, -0.2) is 15.8 Å². The predicted octanol–water partition coefficient (Wildman–Crippen LogP) is 2.88. The number of nitrogens with one attached hydrogen (secondary N) is 2. The molecule has 2 saturated carbocycles. The first-order valence-electron chi connectivity index (χ1n) is 7.78. The summed E-state index contributed by atoms with van der Waals surface area (Å²) in [5.41, 5.74) is 2.65. The maximum Gasteiger partial charge on any atom is 0.145 e. The van der Waals surface area contributed by atoms with Gasteiger partial charge >= 0.3 is 0 Å². The SMILES string of the molecule is CC1CCC(Nc2cc(NN)nc(C3CC3)n2)C(C)C1. The van der Waals surface area contributed by atoms with Gasteiger partial charge in [-0.15, -0.1) is 0 Å². The average molecular weight is 275 g/mol. The fourth-order valence-corrected chi connectivity index (χ4v) is 3.21. The average Bonchev–Trinajstić information content (AvgIpc) is 3.26. The number of aromatic nitrogens is 2. The monoisotopic (exact) mass is 275 g/mol. The summed E-state index contributed by atoms with van der Waals surface area (Å²) in [6.07, 6.45) is 6.21. The summed E-state index contributed by atoms with van der Waals surface area (Å²) in [5.74, 6) is 10.1. The van der Waals surface area contributed by atoms with Crippen molar-refractivity contribution in [3.63, 3.8) is 0 Å². The second-order valence-electron chi connectivity index (χ2n) is 6.56. The van der Waals surface area contributed by atoms with E-state index in [-0.39, 0.29) is 0 Å². The van der Waals surface area contributed by atoms with E-state index in [1.54, 1.807) is 0 Å². The zero-order valence-corrected chi connectivity index (χ0v) is 12.4. The second-order valence-corrected chi connectivity index (χ2v) is 6.56. The fourth-order valence-electron chi connectivity index (χ4n) is 3.21. The summed E-state index contributed by atoms with van der Waals surface area (Å²) in [4.78, 5) is 9.12. The third-order valence-electron chi connectivity index (χ3n) is 4.60. The molecule has 4 N–H and O–H groups in total. The predicted molar refractivity (Wildman–Crippen MR) is 81.4 cm³/mol. The van der Waals surface area contributed by atoms with Gasteiger partial charge in [-0.05, 0) is 43.9 Å². The molecule has 0 saturated heterocycles. The van der Waals surface area contributed by atoms with Crippen molar-refractivity contribution in [3.8, 4) is 0 Å². The van der Waals surface area contributed by atoms with Crippen molar-refractivity contribution in [1.82, 2.24) is 9.97 Å². The minimum absolute atomic E-state index is 0.513. The molecule has 2 fully saturated rings. The van der Waals surface area contributed by atoms with Crippen LogP contribution in [0.3, 0.4) is 0 Å². The highest BCUT2D eigenvalue weighted by Crippen LogP contribution is 2.39. The molecular formula is C15H25N5. The lowest BCUT2D eigenvalue weighted by Gasteiger charge is -2.33. The molecule has 1 heterocycles. The van der Waals surface area contributed by atoms with Crippen LogP contribution in [0.15, 0.2) is 6.07 Å². The Hall–Kier alpha value is -1.36. The topological polar surface area (TPSA) is 75.9 Å². The van der Waals surface area contributed by atoms with Gasteiger partial charge in [-0.1, -0.05) is 13.8 Å². The molecule has 20 heavy (non-hydrogen) atoms. The molecule has 110 valence electrons. The molecule has 2 aliphatic carbocycles. The highest BCUT2D eigenvalue weighted by molar-refractivity contribution is 5.48. The van der Waals surface area contributed by atoms with E-state index in [2.05, 4.69) is 34.6 Å². The fraction of sp³-hybridized carbons (Fsp3) is 0.733. The molecule has 1 aromatic heterocycles. The Balaban J connectivity index is 1.74. The molecule has 0 aromatic carbocycles. The van der Waals surface area contributed by atoms with Crippen molar-refractivity contribution in [3.05, 3.63) is 11.9 Å². The van der Waals surface area contributed by atoms with Gasteiger partial charge < -0.3 is 10.7 Å². The minimum Gasteiger partial charge on any atom is -0.367 e. The number of nitrogens with two attached hydrogens (primary N) is 1. The summed E-state index contributed by atoms with van der Waals surface area (Å²) >= 11 is 0. The first kappa shape index (κ1) is 13.6. The van der Waals surface area contributed by atoms with Crippen LogP contribution >= 0.6 is 0 Å². The normalized spacial score (nSPS) is 30.1. The number of hydrogen-bond acceptors (Lipinski definition) is 5. The van der Waals surface area contributed by atoms with E-state index in [0.29, 0.717) is 23.7 Å². The maximum absolute atomic E-state index is 5.52. The molecule has 0 bridgehead atoms. The molecule has 5 nitrogen and oxygen atoms in total. The van der Waals surface area contributed by atoms with Gasteiger partial charge in [0.25, 0.3) is 0 Å². The second kappa shape index (κ2) is 5.56. The maximum atomic E-state index is 5.52. The molecule has 2 aliphatic rings. The Morgan fingerprint density at radius 2 is 1.85 bits per heavy atom. The Morgan fingerprint density at radius 3 is 2.50 bits per heavy atom. The highest BCUT2D eigenvalue weighted by atomic mass is 15.3. The van der Waals surface area contributed by atoms with Gasteiger partial charge in [0.2, 0.25) is 0 Å². The number of hydrazine groups is 1.